The van der Waals surface area contributed by atoms with Gasteiger partial charge >= 0.3 is 0 Å². The van der Waals surface area contributed by atoms with E-state index in [9.17, 15) is 4.79 Å². The van der Waals surface area contributed by atoms with Crippen LogP contribution in [0, 0.1) is 6.92 Å². The Morgan fingerprint density at radius 3 is 2.72 bits per heavy atom. The summed E-state index contributed by atoms with van der Waals surface area (Å²) in [4.78, 5) is 13.3. The zero-order valence-electron chi connectivity index (χ0n) is 18.4. The highest BCUT2D eigenvalue weighted by Gasteiger charge is 2.23. The normalized spacial score (nSPS) is 13.3. The molecule has 0 bridgehead atoms. The maximum absolute atomic E-state index is 13.3. The van der Waals surface area contributed by atoms with Crippen molar-refractivity contribution in [3.8, 4) is 5.75 Å². The van der Waals surface area contributed by atoms with Gasteiger partial charge in [0.05, 0.1) is 11.3 Å². The molecule has 0 amide bonds. The maximum Gasteiger partial charge on any atom is 0.241 e. The van der Waals surface area contributed by atoms with Gasteiger partial charge in [0.1, 0.15) is 12.4 Å². The lowest BCUT2D eigenvalue weighted by Crippen LogP contribution is -2.18. The van der Waals surface area contributed by atoms with Gasteiger partial charge in [-0.15, -0.1) is 10.2 Å². The van der Waals surface area contributed by atoms with E-state index in [4.69, 9.17) is 4.74 Å². The van der Waals surface area contributed by atoms with Gasteiger partial charge in [-0.1, -0.05) is 48.2 Å². The number of rotatable bonds is 6. The first-order valence-electron chi connectivity index (χ1n) is 11.0. The van der Waals surface area contributed by atoms with E-state index in [1.807, 2.05) is 53.4 Å². The Hall–Kier alpha value is -3.06. The Balaban J connectivity index is 1.31. The molecule has 0 atom stereocenters. The number of fused-ring (bicyclic) bond motifs is 3. The van der Waals surface area contributed by atoms with Crippen LogP contribution < -0.4 is 4.74 Å². The lowest BCUT2D eigenvalue weighted by Gasteiger charge is -2.15. The summed E-state index contributed by atoms with van der Waals surface area (Å²) in [5.74, 6) is 1.97. The van der Waals surface area contributed by atoms with Crippen LogP contribution in [0.2, 0.25) is 0 Å². The van der Waals surface area contributed by atoms with Gasteiger partial charge in [0.2, 0.25) is 5.91 Å². The van der Waals surface area contributed by atoms with Crippen molar-refractivity contribution >= 4 is 28.6 Å². The molecule has 1 aliphatic rings. The number of thioether (sulfide) groups is 1. The van der Waals surface area contributed by atoms with E-state index in [1.54, 1.807) is 0 Å². The van der Waals surface area contributed by atoms with Gasteiger partial charge in [0.25, 0.3) is 0 Å². The van der Waals surface area contributed by atoms with Gasteiger partial charge in [-0.3, -0.25) is 9.36 Å². The van der Waals surface area contributed by atoms with Crippen LogP contribution in [0.3, 0.4) is 0 Å². The molecule has 6 nitrogen and oxygen atoms in total. The molecule has 2 aromatic heterocycles. The molecule has 2 heterocycles. The summed E-state index contributed by atoms with van der Waals surface area (Å²) >= 11 is 1.42. The lowest BCUT2D eigenvalue weighted by atomic mass is 9.96. The first-order chi connectivity index (χ1) is 15.6. The Kier molecular flexibility index (Phi) is 5.74. The van der Waals surface area contributed by atoms with E-state index < -0.39 is 0 Å². The molecule has 32 heavy (non-hydrogen) atoms. The van der Waals surface area contributed by atoms with Crippen LogP contribution in [0.5, 0.6) is 5.75 Å². The number of aryl methyl sites for hydroxylation is 2. The van der Waals surface area contributed by atoms with Gasteiger partial charge in [-0.05, 0) is 55.9 Å². The summed E-state index contributed by atoms with van der Waals surface area (Å²) in [6.45, 7) is 2.35. The summed E-state index contributed by atoms with van der Waals surface area (Å²) in [6, 6.07) is 16.2. The van der Waals surface area contributed by atoms with E-state index >= 15 is 0 Å². The second-order valence-corrected chi connectivity index (χ2v) is 9.12. The van der Waals surface area contributed by atoms with Crippen molar-refractivity contribution in [3.05, 3.63) is 71.2 Å². The molecule has 1 aliphatic carbocycles. The van der Waals surface area contributed by atoms with Crippen LogP contribution in [0.4, 0.5) is 0 Å². The number of para-hydroxylation sites is 2. The third-order valence-electron chi connectivity index (χ3n) is 6.13. The van der Waals surface area contributed by atoms with Crippen molar-refractivity contribution in [3.63, 3.8) is 0 Å². The number of benzene rings is 2. The van der Waals surface area contributed by atoms with E-state index in [2.05, 4.69) is 28.4 Å². The topological polar surface area (TPSA) is 61.9 Å². The molecule has 2 aromatic carbocycles. The van der Waals surface area contributed by atoms with Crippen LogP contribution in [0.15, 0.2) is 53.7 Å². The molecule has 7 heteroatoms. The highest BCUT2D eigenvalue weighted by atomic mass is 32.2. The van der Waals surface area contributed by atoms with E-state index in [-0.39, 0.29) is 5.91 Å². The van der Waals surface area contributed by atoms with Gasteiger partial charge in [-0.2, -0.15) is 0 Å². The summed E-state index contributed by atoms with van der Waals surface area (Å²) < 4.78 is 9.75. The summed E-state index contributed by atoms with van der Waals surface area (Å²) in [7, 11) is 1.91. The second-order valence-electron chi connectivity index (χ2n) is 8.18. The van der Waals surface area contributed by atoms with Crippen molar-refractivity contribution in [2.45, 2.75) is 44.4 Å². The van der Waals surface area contributed by atoms with Gasteiger partial charge in [-0.25, -0.2) is 0 Å². The predicted octanol–water partition coefficient (Wildman–Crippen LogP) is 4.97. The average Bonchev–Trinajstić information content (AvgIpc) is 3.34. The van der Waals surface area contributed by atoms with E-state index in [0.717, 1.165) is 41.9 Å². The molecule has 0 radical (unpaired) electrons. The van der Waals surface area contributed by atoms with Crippen molar-refractivity contribution in [1.29, 1.82) is 0 Å². The minimum atomic E-state index is 0.0926. The molecule has 164 valence electrons. The van der Waals surface area contributed by atoms with Gasteiger partial charge in [0, 0.05) is 18.1 Å². The number of carbonyl (C=O) groups is 1. The molecule has 0 N–H and O–H groups in total. The number of hydrogen-bond donors (Lipinski definition) is 0. The highest BCUT2D eigenvalue weighted by Crippen LogP contribution is 2.32. The Morgan fingerprint density at radius 1 is 1.06 bits per heavy atom. The molecule has 0 unspecified atom stereocenters. The number of aromatic nitrogens is 4. The molecule has 4 aromatic rings. The number of carbonyl (C=O) groups excluding carboxylic acids is 1. The standard InChI is InChI=1S/C25H26N4O2S/c1-17-9-3-8-14-22(17)31-15-23-26-27-25(28(23)2)32-16-24(30)29-20-12-6-4-10-18(20)19-11-5-7-13-21(19)29/h3-4,6,8-10,12,14H,5,7,11,13,15-16H2,1-2H3. The highest BCUT2D eigenvalue weighted by molar-refractivity contribution is 7.99. The molecular weight excluding hydrogens is 420 g/mol. The maximum atomic E-state index is 13.3. The quantitative estimate of drug-likeness (QED) is 0.392. The largest absolute Gasteiger partial charge is 0.485 e. The summed E-state index contributed by atoms with van der Waals surface area (Å²) in [5, 5.41) is 10.5. The van der Waals surface area contributed by atoms with Crippen molar-refractivity contribution in [2.75, 3.05) is 5.75 Å². The average molecular weight is 447 g/mol. The van der Waals surface area contributed by atoms with Gasteiger partial charge in [0.15, 0.2) is 11.0 Å². The monoisotopic (exact) mass is 446 g/mol. The zero-order valence-corrected chi connectivity index (χ0v) is 19.2. The third kappa shape index (κ3) is 3.81. The molecule has 0 spiro atoms. The first kappa shape index (κ1) is 20.8. The molecular formula is C25H26N4O2S. The van der Waals surface area contributed by atoms with Crippen LogP contribution in [0.25, 0.3) is 10.9 Å². The van der Waals surface area contributed by atoms with Crippen LogP contribution in [-0.2, 0) is 26.5 Å². The first-order valence-corrected chi connectivity index (χ1v) is 12.0. The summed E-state index contributed by atoms with van der Waals surface area (Å²) in [6.07, 6.45) is 4.34. The SMILES string of the molecule is Cc1ccccc1OCc1nnc(SCC(=O)n2c3c(c4ccccc42)CCCC3)n1C. The third-order valence-corrected chi connectivity index (χ3v) is 7.13. The number of ether oxygens (including phenoxy) is 1. The predicted molar refractivity (Wildman–Crippen MR) is 126 cm³/mol. The molecule has 0 saturated carbocycles. The fraction of sp³-hybridized carbons (Fsp3) is 0.320. The Labute approximate surface area is 191 Å². The second kappa shape index (κ2) is 8.82. The molecule has 0 fully saturated rings. The number of nitrogens with zero attached hydrogens (tertiary/aromatic N) is 4. The minimum Gasteiger partial charge on any atom is -0.485 e. The molecule has 5 rings (SSSR count). The van der Waals surface area contributed by atoms with Crippen molar-refractivity contribution in [1.82, 2.24) is 19.3 Å². The Morgan fingerprint density at radius 2 is 1.84 bits per heavy atom. The van der Waals surface area contributed by atoms with E-state index in [0.29, 0.717) is 17.5 Å². The van der Waals surface area contributed by atoms with Crippen LogP contribution in [-0.4, -0.2) is 31.0 Å². The minimum absolute atomic E-state index is 0.0926. The molecule has 0 saturated heterocycles. The fourth-order valence-corrected chi connectivity index (χ4v) is 5.21. The fourth-order valence-electron chi connectivity index (χ4n) is 4.43. The molecule has 0 aliphatic heterocycles. The Bertz CT molecular complexity index is 1290. The lowest BCUT2D eigenvalue weighted by molar-refractivity contribution is 0.0943. The zero-order chi connectivity index (χ0) is 22.1. The van der Waals surface area contributed by atoms with Crippen LogP contribution >= 0.6 is 11.8 Å². The van der Waals surface area contributed by atoms with Gasteiger partial charge < -0.3 is 9.30 Å². The smallest absolute Gasteiger partial charge is 0.241 e. The van der Waals surface area contributed by atoms with Crippen LogP contribution in [0.1, 0.15) is 40.3 Å². The number of hydrogen-bond acceptors (Lipinski definition) is 5. The summed E-state index contributed by atoms with van der Waals surface area (Å²) in [5.41, 5.74) is 4.64. The van der Waals surface area contributed by atoms with Crippen molar-refractivity contribution < 1.29 is 9.53 Å². The van der Waals surface area contributed by atoms with Crippen molar-refractivity contribution in [2.24, 2.45) is 7.05 Å². The van der Waals surface area contributed by atoms with E-state index in [1.165, 1.54) is 34.8 Å².